The Balaban J connectivity index is 1.69. The lowest BCUT2D eigenvalue weighted by Gasteiger charge is -2.35. The number of carbonyl (C=O) groups is 4. The number of ether oxygens (including phenoxy) is 2. The minimum Gasteiger partial charge on any atom is -0.454 e. The number of nitrogens with zero attached hydrogens (tertiary/aromatic N) is 2. The van der Waals surface area contributed by atoms with Crippen molar-refractivity contribution in [2.45, 2.75) is 45.9 Å². The molecule has 1 aromatic carbocycles. The lowest BCUT2D eigenvalue weighted by atomic mass is 10.0. The van der Waals surface area contributed by atoms with Gasteiger partial charge in [-0.2, -0.15) is 0 Å². The minimum atomic E-state index is -1.10. The van der Waals surface area contributed by atoms with Crippen LogP contribution in [-0.2, 0) is 19.1 Å². The van der Waals surface area contributed by atoms with Gasteiger partial charge in [0.25, 0.3) is 17.7 Å². The predicted octanol–water partition coefficient (Wildman–Crippen LogP) is 1.49. The van der Waals surface area contributed by atoms with E-state index in [2.05, 4.69) is 0 Å². The summed E-state index contributed by atoms with van der Waals surface area (Å²) in [7, 11) is 0. The number of imide groups is 1. The maximum Gasteiger partial charge on any atom is 0.330 e. The highest BCUT2D eigenvalue weighted by molar-refractivity contribution is 6.22. The zero-order valence-electron chi connectivity index (χ0n) is 17.1. The normalized spacial score (nSPS) is 22.7. The van der Waals surface area contributed by atoms with E-state index in [1.165, 1.54) is 0 Å². The SMILES string of the molecule is CC(C)[C@H](C(=O)OCC(=O)N1C[C@@H](C)O[C@@H](C)C1)N1C(=O)c2ccccc2C1=O. The zero-order valence-corrected chi connectivity index (χ0v) is 17.1. The molecule has 2 aliphatic rings. The Kier molecular flexibility index (Phi) is 6.02. The summed E-state index contributed by atoms with van der Waals surface area (Å²) >= 11 is 0. The van der Waals surface area contributed by atoms with Gasteiger partial charge in [0, 0.05) is 13.1 Å². The number of morpholine rings is 1. The maximum absolute atomic E-state index is 12.8. The van der Waals surface area contributed by atoms with Crippen molar-refractivity contribution < 1.29 is 28.7 Å². The van der Waals surface area contributed by atoms with Crippen LogP contribution in [-0.4, -0.2) is 71.4 Å². The molecule has 0 spiro atoms. The fraction of sp³-hybridized carbons (Fsp3) is 0.524. The van der Waals surface area contributed by atoms with E-state index in [9.17, 15) is 19.2 Å². The highest BCUT2D eigenvalue weighted by Gasteiger charge is 2.44. The first-order valence-electron chi connectivity index (χ1n) is 9.77. The molecule has 1 aromatic rings. The van der Waals surface area contributed by atoms with Crippen LogP contribution in [0.25, 0.3) is 0 Å². The summed E-state index contributed by atoms with van der Waals surface area (Å²) in [5, 5.41) is 0. The van der Waals surface area contributed by atoms with Gasteiger partial charge in [-0.05, 0) is 31.9 Å². The fourth-order valence-corrected chi connectivity index (χ4v) is 3.83. The Hall–Kier alpha value is -2.74. The molecule has 156 valence electrons. The van der Waals surface area contributed by atoms with Gasteiger partial charge in [-0.15, -0.1) is 0 Å². The van der Waals surface area contributed by atoms with Crippen LogP contribution in [0.2, 0.25) is 0 Å². The summed E-state index contributed by atoms with van der Waals surface area (Å²) < 4.78 is 10.8. The van der Waals surface area contributed by atoms with Gasteiger partial charge in [0.05, 0.1) is 23.3 Å². The van der Waals surface area contributed by atoms with Gasteiger partial charge in [-0.3, -0.25) is 19.3 Å². The van der Waals surface area contributed by atoms with E-state index in [1.807, 2.05) is 13.8 Å². The molecule has 2 heterocycles. The summed E-state index contributed by atoms with van der Waals surface area (Å²) in [4.78, 5) is 53.2. The average Bonchev–Trinajstić information content (AvgIpc) is 2.91. The first-order chi connectivity index (χ1) is 13.7. The van der Waals surface area contributed by atoms with Crippen molar-refractivity contribution in [1.29, 1.82) is 0 Å². The highest BCUT2D eigenvalue weighted by Crippen LogP contribution is 2.27. The molecule has 0 N–H and O–H groups in total. The Bertz CT molecular complexity index is 791. The molecule has 8 heteroatoms. The molecule has 0 aliphatic carbocycles. The molecule has 0 aromatic heterocycles. The summed E-state index contributed by atoms with van der Waals surface area (Å²) in [5.74, 6) is -2.52. The third-order valence-electron chi connectivity index (χ3n) is 5.09. The fourth-order valence-electron chi connectivity index (χ4n) is 3.83. The van der Waals surface area contributed by atoms with E-state index in [1.54, 1.807) is 43.0 Å². The number of fused-ring (bicyclic) bond motifs is 1. The van der Waals surface area contributed by atoms with Crippen molar-refractivity contribution in [3.63, 3.8) is 0 Å². The summed E-state index contributed by atoms with van der Waals surface area (Å²) in [6.45, 7) is 7.60. The Morgan fingerprint density at radius 1 is 1.07 bits per heavy atom. The number of benzene rings is 1. The van der Waals surface area contributed by atoms with Gasteiger partial charge >= 0.3 is 5.97 Å². The lowest BCUT2D eigenvalue weighted by molar-refractivity contribution is -0.160. The van der Waals surface area contributed by atoms with Crippen molar-refractivity contribution >= 4 is 23.7 Å². The molecule has 0 radical (unpaired) electrons. The van der Waals surface area contributed by atoms with Gasteiger partial charge in [-0.25, -0.2) is 4.79 Å². The predicted molar refractivity (Wildman–Crippen MR) is 103 cm³/mol. The van der Waals surface area contributed by atoms with Gasteiger partial charge in [0.1, 0.15) is 6.04 Å². The monoisotopic (exact) mass is 402 g/mol. The maximum atomic E-state index is 12.8. The van der Waals surface area contributed by atoms with Crippen molar-refractivity contribution in [2.75, 3.05) is 19.7 Å². The van der Waals surface area contributed by atoms with Crippen LogP contribution >= 0.6 is 0 Å². The Morgan fingerprint density at radius 3 is 2.07 bits per heavy atom. The number of rotatable bonds is 5. The van der Waals surface area contributed by atoms with Gasteiger partial charge in [0.15, 0.2) is 6.61 Å². The van der Waals surface area contributed by atoms with Crippen LogP contribution in [0.15, 0.2) is 24.3 Å². The molecular weight excluding hydrogens is 376 g/mol. The number of hydrogen-bond donors (Lipinski definition) is 0. The first kappa shape index (κ1) is 21.0. The first-order valence-corrected chi connectivity index (χ1v) is 9.77. The second kappa shape index (κ2) is 8.32. The number of amides is 3. The molecule has 3 amide bonds. The van der Waals surface area contributed by atoms with Gasteiger partial charge in [-0.1, -0.05) is 26.0 Å². The average molecular weight is 402 g/mol. The molecule has 29 heavy (non-hydrogen) atoms. The van der Waals surface area contributed by atoms with Crippen molar-refractivity contribution in [3.05, 3.63) is 35.4 Å². The van der Waals surface area contributed by atoms with Crippen LogP contribution in [0, 0.1) is 5.92 Å². The van der Waals surface area contributed by atoms with E-state index >= 15 is 0 Å². The minimum absolute atomic E-state index is 0.0971. The molecule has 3 atom stereocenters. The van der Waals surface area contributed by atoms with Crippen molar-refractivity contribution in [2.24, 2.45) is 5.92 Å². The summed E-state index contributed by atoms with van der Waals surface area (Å²) in [5.41, 5.74) is 0.534. The molecule has 3 rings (SSSR count). The molecule has 0 saturated carbocycles. The van der Waals surface area contributed by atoms with Crippen LogP contribution < -0.4 is 0 Å². The molecule has 1 saturated heterocycles. The summed E-state index contributed by atoms with van der Waals surface area (Å²) in [6, 6.07) is 5.35. The number of carbonyl (C=O) groups excluding carboxylic acids is 4. The Morgan fingerprint density at radius 2 is 1.59 bits per heavy atom. The molecule has 0 unspecified atom stereocenters. The van der Waals surface area contributed by atoms with Crippen LogP contribution in [0.4, 0.5) is 0 Å². The molecule has 0 bridgehead atoms. The van der Waals surface area contributed by atoms with Crippen LogP contribution in [0.5, 0.6) is 0 Å². The Labute approximate surface area is 169 Å². The van der Waals surface area contributed by atoms with E-state index in [4.69, 9.17) is 9.47 Å². The van der Waals surface area contributed by atoms with E-state index in [-0.39, 0.29) is 35.2 Å². The largest absolute Gasteiger partial charge is 0.454 e. The van der Waals surface area contributed by atoms with Gasteiger partial charge in [0.2, 0.25) is 0 Å². The molecule has 8 nitrogen and oxygen atoms in total. The van der Waals surface area contributed by atoms with E-state index < -0.39 is 30.4 Å². The molecular formula is C21H26N2O6. The lowest BCUT2D eigenvalue weighted by Crippen LogP contribution is -2.51. The number of hydrogen-bond acceptors (Lipinski definition) is 6. The molecule has 2 aliphatic heterocycles. The highest BCUT2D eigenvalue weighted by atomic mass is 16.5. The topological polar surface area (TPSA) is 93.2 Å². The third-order valence-corrected chi connectivity index (χ3v) is 5.09. The van der Waals surface area contributed by atoms with E-state index in [0.29, 0.717) is 13.1 Å². The zero-order chi connectivity index (χ0) is 21.3. The molecule has 1 fully saturated rings. The smallest absolute Gasteiger partial charge is 0.330 e. The van der Waals surface area contributed by atoms with E-state index in [0.717, 1.165) is 4.90 Å². The second-order valence-electron chi connectivity index (χ2n) is 7.88. The second-order valence-corrected chi connectivity index (χ2v) is 7.88. The quantitative estimate of drug-likeness (QED) is 0.547. The van der Waals surface area contributed by atoms with Gasteiger partial charge < -0.3 is 14.4 Å². The van der Waals surface area contributed by atoms with Crippen LogP contribution in [0.3, 0.4) is 0 Å². The number of esters is 1. The third kappa shape index (κ3) is 4.17. The van der Waals surface area contributed by atoms with Crippen LogP contribution in [0.1, 0.15) is 48.4 Å². The summed E-state index contributed by atoms with van der Waals surface area (Å²) in [6.07, 6.45) is -0.194. The van der Waals surface area contributed by atoms with Crippen molar-refractivity contribution in [3.8, 4) is 0 Å². The van der Waals surface area contributed by atoms with Crippen molar-refractivity contribution in [1.82, 2.24) is 9.80 Å². The standard InChI is InChI=1S/C21H26N2O6/c1-12(2)18(23-19(25)15-7-5-6-8-16(15)20(23)26)21(27)28-11-17(24)22-9-13(3)29-14(4)10-22/h5-8,12-14,18H,9-11H2,1-4H3/t13-,14+,18-/m1/s1.